The topological polar surface area (TPSA) is 73.6 Å². The number of fused-ring (bicyclic) bond motifs is 1. The number of hydrogen-bond donors (Lipinski definition) is 1. The number of aromatic nitrogens is 2. The minimum Gasteiger partial charge on any atom is -0.507 e. The lowest BCUT2D eigenvalue weighted by Crippen LogP contribution is -2.27. The summed E-state index contributed by atoms with van der Waals surface area (Å²) in [7, 11) is 0. The van der Waals surface area contributed by atoms with Crippen LogP contribution in [0.3, 0.4) is 0 Å². The van der Waals surface area contributed by atoms with Gasteiger partial charge in [-0.15, -0.1) is 0 Å². The van der Waals surface area contributed by atoms with Crippen molar-refractivity contribution in [2.24, 2.45) is 11.3 Å². The van der Waals surface area contributed by atoms with Crippen LogP contribution in [0.2, 0.25) is 0 Å². The first-order valence-corrected chi connectivity index (χ1v) is 9.09. The number of benzene rings is 1. The van der Waals surface area contributed by atoms with Gasteiger partial charge in [0.2, 0.25) is 0 Å². The van der Waals surface area contributed by atoms with Crippen molar-refractivity contribution in [3.8, 4) is 11.5 Å². The maximum Gasteiger partial charge on any atom is 0.157 e. The fraction of sp³-hybridized carbons (Fsp3) is 0.500. The van der Waals surface area contributed by atoms with Crippen molar-refractivity contribution in [2.45, 2.75) is 32.2 Å². The van der Waals surface area contributed by atoms with Gasteiger partial charge in [0.05, 0.1) is 18.8 Å². The fourth-order valence-electron chi connectivity index (χ4n) is 4.43. The third-order valence-corrected chi connectivity index (χ3v) is 5.76. The number of hydrogen-bond acceptors (Lipinski definition) is 5. The first-order chi connectivity index (χ1) is 12.6. The highest BCUT2D eigenvalue weighted by molar-refractivity contribution is 5.83. The molecule has 1 saturated carbocycles. The van der Waals surface area contributed by atoms with Gasteiger partial charge in [0.15, 0.2) is 6.29 Å². The lowest BCUT2D eigenvalue weighted by Gasteiger charge is -2.23. The zero-order valence-corrected chi connectivity index (χ0v) is 15.1. The summed E-state index contributed by atoms with van der Waals surface area (Å²) in [6, 6.07) is 7.28. The molecule has 1 N–H and O–H groups in total. The lowest BCUT2D eigenvalue weighted by atomic mass is 10.0. The Balaban J connectivity index is 1.59. The molecule has 1 saturated heterocycles. The molecule has 3 unspecified atom stereocenters. The molecule has 0 bridgehead atoms. The molecule has 2 aromatic rings. The number of phenolic OH excluding ortho intramolecular Hbond substituents is 1. The molecule has 0 amide bonds. The van der Waals surface area contributed by atoms with Crippen LogP contribution in [0.4, 0.5) is 0 Å². The SMILES string of the molecule is CC(C)n1nccc1C1C2CCOCC21COc1cccc(O)c1C=O. The Bertz CT molecular complexity index is 816. The third kappa shape index (κ3) is 2.60. The maximum absolute atomic E-state index is 11.3. The summed E-state index contributed by atoms with van der Waals surface area (Å²) in [5.74, 6) is 1.19. The molecule has 138 valence electrons. The van der Waals surface area contributed by atoms with E-state index in [-0.39, 0.29) is 16.7 Å². The highest BCUT2D eigenvalue weighted by Gasteiger charge is 2.67. The van der Waals surface area contributed by atoms with Gasteiger partial charge in [0.25, 0.3) is 0 Å². The maximum atomic E-state index is 11.3. The Morgan fingerprint density at radius 1 is 1.46 bits per heavy atom. The average molecular weight is 356 g/mol. The average Bonchev–Trinajstić information content (AvgIpc) is 3.03. The third-order valence-electron chi connectivity index (χ3n) is 5.76. The Morgan fingerprint density at radius 2 is 2.31 bits per heavy atom. The van der Waals surface area contributed by atoms with Crippen molar-refractivity contribution < 1.29 is 19.4 Å². The van der Waals surface area contributed by atoms with Gasteiger partial charge < -0.3 is 14.6 Å². The van der Waals surface area contributed by atoms with E-state index in [2.05, 4.69) is 29.7 Å². The van der Waals surface area contributed by atoms with Crippen molar-refractivity contribution in [2.75, 3.05) is 19.8 Å². The summed E-state index contributed by atoms with van der Waals surface area (Å²) >= 11 is 0. The fourth-order valence-corrected chi connectivity index (χ4v) is 4.43. The molecule has 4 rings (SSSR count). The number of phenols is 1. The zero-order chi connectivity index (χ0) is 18.3. The number of ether oxygens (including phenoxy) is 2. The Kier molecular flexibility index (Phi) is 4.23. The van der Waals surface area contributed by atoms with Crippen molar-refractivity contribution in [3.05, 3.63) is 41.7 Å². The first kappa shape index (κ1) is 17.1. The molecular weight excluding hydrogens is 332 g/mol. The molecule has 1 aromatic carbocycles. The zero-order valence-electron chi connectivity index (χ0n) is 15.1. The molecule has 2 fully saturated rings. The molecule has 6 heteroatoms. The second-order valence-electron chi connectivity index (χ2n) is 7.55. The number of nitrogens with zero attached hydrogens (tertiary/aromatic N) is 2. The summed E-state index contributed by atoms with van der Waals surface area (Å²) in [5, 5.41) is 14.3. The van der Waals surface area contributed by atoms with Crippen LogP contribution in [0.15, 0.2) is 30.5 Å². The summed E-state index contributed by atoms with van der Waals surface area (Å²) in [5.41, 5.74) is 1.32. The smallest absolute Gasteiger partial charge is 0.157 e. The van der Waals surface area contributed by atoms with Gasteiger partial charge in [0.1, 0.15) is 11.5 Å². The largest absolute Gasteiger partial charge is 0.507 e. The van der Waals surface area contributed by atoms with E-state index in [1.807, 2.05) is 6.20 Å². The van der Waals surface area contributed by atoms with Gasteiger partial charge in [-0.05, 0) is 44.4 Å². The van der Waals surface area contributed by atoms with Crippen LogP contribution in [0.5, 0.6) is 11.5 Å². The van der Waals surface area contributed by atoms with Crippen LogP contribution in [-0.4, -0.2) is 41.0 Å². The van der Waals surface area contributed by atoms with Crippen molar-refractivity contribution >= 4 is 6.29 Å². The van der Waals surface area contributed by atoms with Crippen molar-refractivity contribution in [1.29, 1.82) is 0 Å². The van der Waals surface area contributed by atoms with Crippen molar-refractivity contribution in [3.63, 3.8) is 0 Å². The quantitative estimate of drug-likeness (QED) is 0.805. The minimum atomic E-state index is -0.101. The van der Waals surface area contributed by atoms with E-state index in [9.17, 15) is 9.90 Å². The minimum absolute atomic E-state index is 0.0586. The standard InChI is InChI=1S/C20H24N2O4/c1-13(2)22-16(6-8-21-22)19-15-7-9-25-11-20(15,19)12-26-18-5-3-4-17(24)14(18)10-23/h3-6,8,10,13,15,19,24H,7,9,11-12H2,1-2H3. The van der Waals surface area contributed by atoms with Crippen LogP contribution >= 0.6 is 0 Å². The molecular formula is C20H24N2O4. The Labute approximate surface area is 152 Å². The number of aldehydes is 1. The van der Waals surface area contributed by atoms with Crippen LogP contribution in [-0.2, 0) is 4.74 Å². The first-order valence-electron chi connectivity index (χ1n) is 9.09. The van der Waals surface area contributed by atoms with E-state index in [1.165, 1.54) is 11.8 Å². The monoisotopic (exact) mass is 356 g/mol. The molecule has 1 aliphatic heterocycles. The second-order valence-corrected chi connectivity index (χ2v) is 7.55. The number of rotatable bonds is 6. The molecule has 2 heterocycles. The number of aromatic hydroxyl groups is 1. The van der Waals surface area contributed by atoms with Gasteiger partial charge in [-0.25, -0.2) is 0 Å². The van der Waals surface area contributed by atoms with E-state index in [0.717, 1.165) is 13.0 Å². The highest BCUT2D eigenvalue weighted by Crippen LogP contribution is 2.68. The molecule has 0 radical (unpaired) electrons. The molecule has 0 spiro atoms. The van der Waals surface area contributed by atoms with Gasteiger partial charge in [-0.1, -0.05) is 6.07 Å². The van der Waals surface area contributed by atoms with Crippen molar-refractivity contribution in [1.82, 2.24) is 9.78 Å². The molecule has 1 aromatic heterocycles. The van der Waals surface area contributed by atoms with E-state index in [4.69, 9.17) is 9.47 Å². The molecule has 6 nitrogen and oxygen atoms in total. The lowest BCUT2D eigenvalue weighted by molar-refractivity contribution is 0.0238. The van der Waals surface area contributed by atoms with Crippen LogP contribution < -0.4 is 4.74 Å². The predicted molar refractivity (Wildman–Crippen MR) is 95.7 cm³/mol. The van der Waals surface area contributed by atoms with E-state index < -0.39 is 0 Å². The molecule has 26 heavy (non-hydrogen) atoms. The van der Waals surface area contributed by atoms with Crippen LogP contribution in [0.25, 0.3) is 0 Å². The second kappa shape index (κ2) is 6.43. The number of carbonyl (C=O) groups excluding carboxylic acids is 1. The summed E-state index contributed by atoms with van der Waals surface area (Å²) in [6.07, 6.45) is 3.49. The van der Waals surface area contributed by atoms with Gasteiger partial charge >= 0.3 is 0 Å². The predicted octanol–water partition coefficient (Wildman–Crippen LogP) is 3.18. The summed E-state index contributed by atoms with van der Waals surface area (Å²) < 4.78 is 13.9. The van der Waals surface area contributed by atoms with Gasteiger partial charge in [-0.2, -0.15) is 5.10 Å². The summed E-state index contributed by atoms with van der Waals surface area (Å²) in [4.78, 5) is 11.3. The molecule has 3 atom stereocenters. The van der Waals surface area contributed by atoms with Gasteiger partial charge in [0, 0.05) is 35.9 Å². The van der Waals surface area contributed by atoms with E-state index >= 15 is 0 Å². The normalized spacial score (nSPS) is 27.2. The Hall–Kier alpha value is -2.34. The van der Waals surface area contributed by atoms with Crippen LogP contribution in [0, 0.1) is 11.3 Å². The highest BCUT2D eigenvalue weighted by atomic mass is 16.5. The Morgan fingerprint density at radius 3 is 3.08 bits per heavy atom. The summed E-state index contributed by atoms with van der Waals surface area (Å²) in [6.45, 7) is 6.12. The molecule has 1 aliphatic carbocycles. The van der Waals surface area contributed by atoms with Gasteiger partial charge in [-0.3, -0.25) is 9.48 Å². The van der Waals surface area contributed by atoms with E-state index in [0.29, 0.717) is 43.1 Å². The van der Waals surface area contributed by atoms with Crippen LogP contribution in [0.1, 0.15) is 48.3 Å². The molecule has 2 aliphatic rings. The van der Waals surface area contributed by atoms with E-state index in [1.54, 1.807) is 12.1 Å². The number of carbonyl (C=O) groups is 1.